The molecule has 0 aliphatic carbocycles. The third kappa shape index (κ3) is 2.44. The highest BCUT2D eigenvalue weighted by molar-refractivity contribution is 4.83. The van der Waals surface area contributed by atoms with E-state index in [1.807, 2.05) is 7.05 Å². The van der Waals surface area contributed by atoms with E-state index in [1.54, 1.807) is 7.11 Å². The van der Waals surface area contributed by atoms with Gasteiger partial charge in [-0.1, -0.05) is 0 Å². The Labute approximate surface area is 74.4 Å². The molecule has 0 spiro atoms. The smallest absolute Gasteiger partial charge is 0.0923 e. The summed E-state index contributed by atoms with van der Waals surface area (Å²) in [7, 11) is 3.75. The Balaban J connectivity index is 2.37. The molecular weight excluding hydrogens is 154 g/mol. The summed E-state index contributed by atoms with van der Waals surface area (Å²) in [5, 5.41) is 3.14. The molecule has 1 heterocycles. The monoisotopic (exact) mass is 173 g/mol. The minimum Gasteiger partial charge on any atom is -0.378 e. The Morgan fingerprint density at radius 1 is 1.58 bits per heavy atom. The summed E-state index contributed by atoms with van der Waals surface area (Å²) in [5.74, 6) is 0. The highest BCUT2D eigenvalue weighted by Gasteiger charge is 2.31. The lowest BCUT2D eigenvalue weighted by molar-refractivity contribution is -0.113. The maximum Gasteiger partial charge on any atom is 0.0923 e. The van der Waals surface area contributed by atoms with Gasteiger partial charge in [0.1, 0.15) is 0 Å². The van der Waals surface area contributed by atoms with Crippen LogP contribution in [-0.2, 0) is 9.47 Å². The van der Waals surface area contributed by atoms with Gasteiger partial charge in [0.15, 0.2) is 0 Å². The van der Waals surface area contributed by atoms with Gasteiger partial charge in [0.2, 0.25) is 0 Å². The Hall–Kier alpha value is -0.120. The Morgan fingerprint density at radius 2 is 2.42 bits per heavy atom. The molecule has 0 saturated carbocycles. The highest BCUT2D eigenvalue weighted by atomic mass is 16.5. The van der Waals surface area contributed by atoms with Crippen molar-refractivity contribution in [2.45, 2.75) is 24.9 Å². The molecule has 0 aromatic heterocycles. The van der Waals surface area contributed by atoms with Crippen molar-refractivity contribution < 1.29 is 9.47 Å². The van der Waals surface area contributed by atoms with E-state index in [-0.39, 0.29) is 5.60 Å². The number of hydrogen-bond donors (Lipinski definition) is 1. The minimum atomic E-state index is -0.0126. The molecule has 1 fully saturated rings. The van der Waals surface area contributed by atoms with E-state index in [2.05, 4.69) is 5.32 Å². The lowest BCUT2D eigenvalue weighted by atomic mass is 9.93. The first-order chi connectivity index (χ1) is 5.83. The topological polar surface area (TPSA) is 30.5 Å². The van der Waals surface area contributed by atoms with Gasteiger partial charge < -0.3 is 14.8 Å². The molecular formula is C9H19NO2. The molecule has 3 nitrogen and oxygen atoms in total. The molecule has 0 bridgehead atoms. The average Bonchev–Trinajstić information content (AvgIpc) is 2.16. The second kappa shape index (κ2) is 4.80. The summed E-state index contributed by atoms with van der Waals surface area (Å²) < 4.78 is 10.9. The SMILES string of the molecule is CNCCC1(OC)CCCOC1. The van der Waals surface area contributed by atoms with Crippen LogP contribution in [0.2, 0.25) is 0 Å². The Bertz CT molecular complexity index is 122. The van der Waals surface area contributed by atoms with Crippen LogP contribution in [0.3, 0.4) is 0 Å². The van der Waals surface area contributed by atoms with Crippen molar-refractivity contribution in [1.82, 2.24) is 5.32 Å². The van der Waals surface area contributed by atoms with Crippen molar-refractivity contribution in [2.75, 3.05) is 33.9 Å². The van der Waals surface area contributed by atoms with Gasteiger partial charge in [-0.05, 0) is 32.9 Å². The van der Waals surface area contributed by atoms with E-state index >= 15 is 0 Å². The van der Waals surface area contributed by atoms with E-state index in [9.17, 15) is 0 Å². The van der Waals surface area contributed by atoms with Crippen molar-refractivity contribution in [3.05, 3.63) is 0 Å². The van der Waals surface area contributed by atoms with Crippen molar-refractivity contribution in [3.8, 4) is 0 Å². The van der Waals surface area contributed by atoms with Crippen LogP contribution < -0.4 is 5.32 Å². The van der Waals surface area contributed by atoms with Gasteiger partial charge in [-0.3, -0.25) is 0 Å². The summed E-state index contributed by atoms with van der Waals surface area (Å²) in [6.07, 6.45) is 3.29. The first kappa shape index (κ1) is 9.96. The normalized spacial score (nSPS) is 30.5. The molecule has 12 heavy (non-hydrogen) atoms. The minimum absolute atomic E-state index is 0.0126. The van der Waals surface area contributed by atoms with E-state index < -0.39 is 0 Å². The molecule has 1 saturated heterocycles. The van der Waals surface area contributed by atoms with Crippen LogP contribution in [0.1, 0.15) is 19.3 Å². The molecule has 1 aliphatic rings. The van der Waals surface area contributed by atoms with Gasteiger partial charge in [-0.2, -0.15) is 0 Å². The van der Waals surface area contributed by atoms with Crippen molar-refractivity contribution in [1.29, 1.82) is 0 Å². The first-order valence-electron chi connectivity index (χ1n) is 4.60. The van der Waals surface area contributed by atoms with Crippen LogP contribution in [0.5, 0.6) is 0 Å². The summed E-state index contributed by atoms with van der Waals surface area (Å²) in [6, 6.07) is 0. The molecule has 1 aliphatic heterocycles. The van der Waals surface area contributed by atoms with Crippen LogP contribution in [0.25, 0.3) is 0 Å². The maximum atomic E-state index is 5.52. The van der Waals surface area contributed by atoms with Crippen molar-refractivity contribution >= 4 is 0 Å². The van der Waals surface area contributed by atoms with Crippen LogP contribution in [-0.4, -0.2) is 39.5 Å². The van der Waals surface area contributed by atoms with E-state index in [0.717, 1.165) is 39.0 Å². The maximum absolute atomic E-state index is 5.52. The van der Waals surface area contributed by atoms with Gasteiger partial charge in [0.25, 0.3) is 0 Å². The number of nitrogens with one attached hydrogen (secondary N) is 1. The third-order valence-electron chi connectivity index (χ3n) is 2.55. The van der Waals surface area contributed by atoms with E-state index in [0.29, 0.717) is 0 Å². The largest absolute Gasteiger partial charge is 0.378 e. The quantitative estimate of drug-likeness (QED) is 0.682. The summed E-state index contributed by atoms with van der Waals surface area (Å²) in [4.78, 5) is 0. The Kier molecular flexibility index (Phi) is 3.98. The second-order valence-corrected chi connectivity index (χ2v) is 3.40. The van der Waals surface area contributed by atoms with E-state index in [4.69, 9.17) is 9.47 Å². The number of methoxy groups -OCH3 is 1. The summed E-state index contributed by atoms with van der Waals surface area (Å²) in [5.41, 5.74) is -0.0126. The molecule has 0 amide bonds. The third-order valence-corrected chi connectivity index (χ3v) is 2.55. The number of ether oxygens (including phenoxy) is 2. The molecule has 1 N–H and O–H groups in total. The molecule has 0 radical (unpaired) electrons. The lowest BCUT2D eigenvalue weighted by Gasteiger charge is -2.35. The fraction of sp³-hybridized carbons (Fsp3) is 1.00. The predicted molar refractivity (Wildman–Crippen MR) is 48.3 cm³/mol. The van der Waals surface area contributed by atoms with Crippen molar-refractivity contribution in [2.24, 2.45) is 0 Å². The molecule has 0 aromatic carbocycles. The molecule has 1 rings (SSSR count). The molecule has 3 heteroatoms. The zero-order chi connectivity index (χ0) is 8.86. The second-order valence-electron chi connectivity index (χ2n) is 3.40. The summed E-state index contributed by atoms with van der Waals surface area (Å²) in [6.45, 7) is 2.65. The number of hydrogen-bond acceptors (Lipinski definition) is 3. The lowest BCUT2D eigenvalue weighted by Crippen LogP contribution is -2.42. The van der Waals surface area contributed by atoms with Crippen molar-refractivity contribution in [3.63, 3.8) is 0 Å². The zero-order valence-corrected chi connectivity index (χ0v) is 8.06. The van der Waals surface area contributed by atoms with Gasteiger partial charge >= 0.3 is 0 Å². The first-order valence-corrected chi connectivity index (χ1v) is 4.60. The zero-order valence-electron chi connectivity index (χ0n) is 8.06. The molecule has 0 aromatic rings. The Morgan fingerprint density at radius 3 is 2.92 bits per heavy atom. The predicted octanol–water partition coefficient (Wildman–Crippen LogP) is 0.791. The van der Waals surface area contributed by atoms with Crippen LogP contribution in [0.4, 0.5) is 0 Å². The highest BCUT2D eigenvalue weighted by Crippen LogP contribution is 2.25. The fourth-order valence-electron chi connectivity index (χ4n) is 1.64. The van der Waals surface area contributed by atoms with Gasteiger partial charge in [-0.15, -0.1) is 0 Å². The molecule has 72 valence electrons. The summed E-state index contributed by atoms with van der Waals surface area (Å²) >= 11 is 0. The molecule has 1 unspecified atom stereocenters. The fourth-order valence-corrected chi connectivity index (χ4v) is 1.64. The van der Waals surface area contributed by atoms with Gasteiger partial charge in [0, 0.05) is 13.7 Å². The van der Waals surface area contributed by atoms with Crippen LogP contribution in [0.15, 0.2) is 0 Å². The van der Waals surface area contributed by atoms with Crippen LogP contribution >= 0.6 is 0 Å². The number of rotatable bonds is 4. The molecule has 1 atom stereocenters. The standard InChI is InChI=1S/C9H19NO2/c1-10-6-5-9(11-2)4-3-7-12-8-9/h10H,3-8H2,1-2H3. The van der Waals surface area contributed by atoms with Gasteiger partial charge in [0.05, 0.1) is 12.2 Å². The van der Waals surface area contributed by atoms with E-state index in [1.165, 1.54) is 0 Å². The van der Waals surface area contributed by atoms with Gasteiger partial charge in [-0.25, -0.2) is 0 Å². The van der Waals surface area contributed by atoms with Crippen LogP contribution in [0, 0.1) is 0 Å². The average molecular weight is 173 g/mol.